The summed E-state index contributed by atoms with van der Waals surface area (Å²) in [6, 6.07) is 7.83. The molecule has 3 fully saturated rings. The topological polar surface area (TPSA) is 58.6 Å². The number of carbonyl (C=O) groups is 2. The maximum absolute atomic E-state index is 12.3. The van der Waals surface area contributed by atoms with E-state index >= 15 is 0 Å². The summed E-state index contributed by atoms with van der Waals surface area (Å²) in [7, 11) is 0. The summed E-state index contributed by atoms with van der Waals surface area (Å²) in [5, 5.41) is 2.98. The number of amides is 2. The highest BCUT2D eigenvalue weighted by Gasteiger charge is 2.38. The summed E-state index contributed by atoms with van der Waals surface area (Å²) >= 11 is 0. The van der Waals surface area contributed by atoms with Gasteiger partial charge < -0.3 is 15.0 Å². The van der Waals surface area contributed by atoms with E-state index in [9.17, 15) is 9.59 Å². The number of nitrogens with zero attached hydrogens (tertiary/aromatic N) is 1. The van der Waals surface area contributed by atoms with Gasteiger partial charge in [0.25, 0.3) is 5.91 Å². The quantitative estimate of drug-likeness (QED) is 0.872. The molecule has 1 atom stereocenters. The molecule has 1 aromatic rings. The Morgan fingerprint density at radius 1 is 1.08 bits per heavy atom. The Balaban J connectivity index is 1.30. The Hall–Kier alpha value is -2.04. The van der Waals surface area contributed by atoms with Gasteiger partial charge in [0, 0.05) is 24.1 Å². The number of likely N-dealkylation sites (tertiary alicyclic amines) is 1. The minimum absolute atomic E-state index is 0.0129. The van der Waals surface area contributed by atoms with Gasteiger partial charge >= 0.3 is 0 Å². The molecule has 0 bridgehead atoms. The van der Waals surface area contributed by atoms with Gasteiger partial charge in [-0.3, -0.25) is 9.59 Å². The van der Waals surface area contributed by atoms with Crippen LogP contribution in [0.3, 0.4) is 0 Å². The van der Waals surface area contributed by atoms with E-state index in [1.807, 2.05) is 17.0 Å². The normalized spacial score (nSPS) is 23.2. The van der Waals surface area contributed by atoms with Crippen LogP contribution in [0.2, 0.25) is 0 Å². The highest BCUT2D eigenvalue weighted by Crippen LogP contribution is 2.33. The maximum atomic E-state index is 12.3. The second-order valence-corrected chi connectivity index (χ2v) is 7.19. The lowest BCUT2D eigenvalue weighted by Crippen LogP contribution is -2.39. The molecule has 1 heterocycles. The number of hydrogen-bond donors (Lipinski definition) is 1. The first kappa shape index (κ1) is 15.5. The van der Waals surface area contributed by atoms with E-state index in [1.165, 1.54) is 0 Å². The van der Waals surface area contributed by atoms with Crippen molar-refractivity contribution in [3.05, 3.63) is 29.8 Å². The fourth-order valence-corrected chi connectivity index (χ4v) is 3.26. The van der Waals surface area contributed by atoms with E-state index in [0.29, 0.717) is 24.1 Å². The second kappa shape index (κ2) is 6.46. The van der Waals surface area contributed by atoms with Crippen molar-refractivity contribution in [3.8, 4) is 5.75 Å². The van der Waals surface area contributed by atoms with E-state index in [4.69, 9.17) is 4.74 Å². The zero-order valence-corrected chi connectivity index (χ0v) is 13.9. The second-order valence-electron chi connectivity index (χ2n) is 7.19. The molecule has 128 valence electrons. The zero-order valence-electron chi connectivity index (χ0n) is 13.9. The molecule has 4 rings (SSSR count). The van der Waals surface area contributed by atoms with Crippen LogP contribution < -0.4 is 10.1 Å². The first-order chi connectivity index (χ1) is 11.7. The van der Waals surface area contributed by atoms with Crippen molar-refractivity contribution in [2.24, 2.45) is 5.92 Å². The van der Waals surface area contributed by atoms with E-state index in [0.717, 1.165) is 50.8 Å². The van der Waals surface area contributed by atoms with Crippen LogP contribution in [0.1, 0.15) is 48.9 Å². The lowest BCUT2D eigenvalue weighted by atomic mass is 10.2. The minimum Gasteiger partial charge on any atom is -0.491 e. The molecule has 2 amide bonds. The van der Waals surface area contributed by atoms with Crippen molar-refractivity contribution in [3.63, 3.8) is 0 Å². The SMILES string of the molecule is O=C(NC1CC1)c1ccc(OCC2CCCN2C(=O)C2CC2)cc1. The molecule has 2 aliphatic carbocycles. The van der Waals surface area contributed by atoms with Crippen molar-refractivity contribution in [2.45, 2.75) is 50.6 Å². The van der Waals surface area contributed by atoms with E-state index in [2.05, 4.69) is 5.32 Å². The third kappa shape index (κ3) is 3.55. The van der Waals surface area contributed by atoms with Crippen LogP contribution in [0.4, 0.5) is 0 Å². The Kier molecular flexibility index (Phi) is 4.17. The van der Waals surface area contributed by atoms with Crippen molar-refractivity contribution < 1.29 is 14.3 Å². The molecule has 0 radical (unpaired) electrons. The van der Waals surface area contributed by atoms with Gasteiger partial charge in [0.15, 0.2) is 0 Å². The highest BCUT2D eigenvalue weighted by molar-refractivity contribution is 5.94. The molecule has 2 saturated carbocycles. The van der Waals surface area contributed by atoms with Gasteiger partial charge in [-0.05, 0) is 62.8 Å². The largest absolute Gasteiger partial charge is 0.491 e. The van der Waals surface area contributed by atoms with E-state index in [-0.39, 0.29) is 17.9 Å². The molecule has 5 nitrogen and oxygen atoms in total. The Morgan fingerprint density at radius 2 is 1.83 bits per heavy atom. The van der Waals surface area contributed by atoms with Crippen molar-refractivity contribution in [1.82, 2.24) is 10.2 Å². The summed E-state index contributed by atoms with van der Waals surface area (Å²) in [4.78, 5) is 26.2. The lowest BCUT2D eigenvalue weighted by Gasteiger charge is -2.24. The third-order valence-electron chi connectivity index (χ3n) is 5.06. The van der Waals surface area contributed by atoms with Crippen LogP contribution in [0.25, 0.3) is 0 Å². The molecule has 3 aliphatic rings. The fourth-order valence-electron chi connectivity index (χ4n) is 3.26. The molecule has 1 aromatic carbocycles. The predicted octanol–water partition coefficient (Wildman–Crippen LogP) is 2.36. The van der Waals surface area contributed by atoms with Gasteiger partial charge in [0.2, 0.25) is 5.91 Å². The van der Waals surface area contributed by atoms with Gasteiger partial charge in [-0.15, -0.1) is 0 Å². The van der Waals surface area contributed by atoms with Gasteiger partial charge in [0.05, 0.1) is 6.04 Å². The van der Waals surface area contributed by atoms with Gasteiger partial charge in [-0.25, -0.2) is 0 Å². The van der Waals surface area contributed by atoms with Crippen LogP contribution in [-0.4, -0.2) is 41.9 Å². The summed E-state index contributed by atoms with van der Waals surface area (Å²) < 4.78 is 5.87. The summed E-state index contributed by atoms with van der Waals surface area (Å²) in [6.45, 7) is 1.40. The standard InChI is InChI=1S/C19H24N2O3/c22-18(20-15-7-8-15)13-5-9-17(10-6-13)24-12-16-2-1-11-21(16)19(23)14-3-4-14/h5-6,9-10,14-16H,1-4,7-8,11-12H2,(H,20,22). The molecular weight excluding hydrogens is 304 g/mol. The monoisotopic (exact) mass is 328 g/mol. The molecule has 24 heavy (non-hydrogen) atoms. The number of hydrogen-bond acceptors (Lipinski definition) is 3. The number of carbonyl (C=O) groups excluding carboxylic acids is 2. The molecule has 1 aliphatic heterocycles. The van der Waals surface area contributed by atoms with E-state index < -0.39 is 0 Å². The summed E-state index contributed by atoms with van der Waals surface area (Å²) in [5.74, 6) is 1.33. The van der Waals surface area contributed by atoms with Crippen LogP contribution in [0.5, 0.6) is 5.75 Å². The van der Waals surface area contributed by atoms with Gasteiger partial charge in [0.1, 0.15) is 12.4 Å². The number of benzene rings is 1. The summed E-state index contributed by atoms with van der Waals surface area (Å²) in [5.41, 5.74) is 0.667. The molecule has 5 heteroatoms. The highest BCUT2D eigenvalue weighted by atomic mass is 16.5. The Morgan fingerprint density at radius 3 is 2.50 bits per heavy atom. The molecule has 0 spiro atoms. The average molecular weight is 328 g/mol. The number of nitrogens with one attached hydrogen (secondary N) is 1. The van der Waals surface area contributed by atoms with Crippen molar-refractivity contribution >= 4 is 11.8 Å². The predicted molar refractivity (Wildman–Crippen MR) is 89.9 cm³/mol. The molecule has 1 N–H and O–H groups in total. The van der Waals surface area contributed by atoms with Gasteiger partial charge in [-0.2, -0.15) is 0 Å². The first-order valence-corrected chi connectivity index (χ1v) is 9.05. The van der Waals surface area contributed by atoms with Gasteiger partial charge in [-0.1, -0.05) is 0 Å². The lowest BCUT2D eigenvalue weighted by molar-refractivity contribution is -0.133. The molecular formula is C19H24N2O3. The first-order valence-electron chi connectivity index (χ1n) is 9.05. The van der Waals surface area contributed by atoms with E-state index in [1.54, 1.807) is 12.1 Å². The minimum atomic E-state index is -0.0129. The number of ether oxygens (including phenoxy) is 1. The molecule has 1 unspecified atom stereocenters. The Labute approximate surface area is 142 Å². The average Bonchev–Trinajstić information content (AvgIpc) is 3.52. The molecule has 0 aromatic heterocycles. The van der Waals surface area contributed by atoms with Crippen molar-refractivity contribution in [2.75, 3.05) is 13.2 Å². The van der Waals surface area contributed by atoms with Crippen LogP contribution in [0, 0.1) is 5.92 Å². The summed E-state index contributed by atoms with van der Waals surface area (Å²) in [6.07, 6.45) is 6.35. The third-order valence-corrected chi connectivity index (χ3v) is 5.06. The Bertz CT molecular complexity index is 620. The zero-order chi connectivity index (χ0) is 16.5. The van der Waals surface area contributed by atoms with Crippen LogP contribution in [-0.2, 0) is 4.79 Å². The van der Waals surface area contributed by atoms with Crippen molar-refractivity contribution in [1.29, 1.82) is 0 Å². The van der Waals surface area contributed by atoms with Crippen LogP contribution in [0.15, 0.2) is 24.3 Å². The van der Waals surface area contributed by atoms with Crippen LogP contribution >= 0.6 is 0 Å². The molecule has 1 saturated heterocycles. The number of rotatable bonds is 6. The smallest absolute Gasteiger partial charge is 0.251 e. The maximum Gasteiger partial charge on any atom is 0.251 e. The fraction of sp³-hybridized carbons (Fsp3) is 0.579.